The predicted octanol–water partition coefficient (Wildman–Crippen LogP) is 2.75. The summed E-state index contributed by atoms with van der Waals surface area (Å²) in [5, 5.41) is 2.71. The first-order valence-electron chi connectivity index (χ1n) is 7.02. The monoisotopic (exact) mass is 272 g/mol. The first kappa shape index (κ1) is 13.2. The highest BCUT2D eigenvalue weighted by molar-refractivity contribution is 6.23. The molecule has 0 bridgehead atoms. The van der Waals surface area contributed by atoms with Crippen LogP contribution in [0.2, 0.25) is 0 Å². The second-order valence-corrected chi connectivity index (χ2v) is 6.92. The van der Waals surface area contributed by atoms with E-state index in [0.29, 0.717) is 5.69 Å². The van der Waals surface area contributed by atoms with Crippen LogP contribution >= 0.6 is 0 Å². The van der Waals surface area contributed by atoms with Gasteiger partial charge in [-0.25, -0.2) is 9.69 Å². The van der Waals surface area contributed by atoms with Gasteiger partial charge in [0.2, 0.25) is 0 Å². The molecule has 1 fully saturated rings. The minimum Gasteiger partial charge on any atom is -0.323 e. The Balaban J connectivity index is 2.02. The van der Waals surface area contributed by atoms with Crippen LogP contribution in [0.1, 0.15) is 45.2 Å². The number of hydrogen-bond acceptors (Lipinski definition) is 2. The lowest BCUT2D eigenvalue weighted by Gasteiger charge is -2.20. The molecular weight excluding hydrogens is 252 g/mol. The number of fused-ring (bicyclic) bond motifs is 1. The number of nitrogens with zero attached hydrogens (tertiary/aromatic N) is 1. The van der Waals surface area contributed by atoms with Crippen molar-refractivity contribution in [3.8, 4) is 0 Å². The molecule has 1 aliphatic carbocycles. The van der Waals surface area contributed by atoms with Crippen molar-refractivity contribution < 1.29 is 9.59 Å². The van der Waals surface area contributed by atoms with E-state index >= 15 is 0 Å². The van der Waals surface area contributed by atoms with Gasteiger partial charge in [-0.15, -0.1) is 0 Å². The van der Waals surface area contributed by atoms with Gasteiger partial charge in [-0.3, -0.25) is 4.79 Å². The Hall–Kier alpha value is -1.84. The van der Waals surface area contributed by atoms with Crippen molar-refractivity contribution in [3.05, 3.63) is 29.3 Å². The van der Waals surface area contributed by atoms with Crippen LogP contribution in [0.25, 0.3) is 0 Å². The number of anilines is 1. The molecule has 1 heterocycles. The topological polar surface area (TPSA) is 49.4 Å². The largest absolute Gasteiger partial charge is 0.329 e. The van der Waals surface area contributed by atoms with Gasteiger partial charge in [-0.2, -0.15) is 0 Å². The maximum Gasteiger partial charge on any atom is 0.329 e. The van der Waals surface area contributed by atoms with Crippen molar-refractivity contribution in [3.63, 3.8) is 0 Å². The molecule has 0 aromatic heterocycles. The number of rotatable bonds is 1. The van der Waals surface area contributed by atoms with Crippen LogP contribution in [0.5, 0.6) is 0 Å². The molecule has 2 aliphatic rings. The first-order valence-corrected chi connectivity index (χ1v) is 7.02. The number of aryl methyl sites for hydroxylation is 1. The van der Waals surface area contributed by atoms with Crippen molar-refractivity contribution in [2.75, 3.05) is 4.90 Å². The maximum atomic E-state index is 12.3. The Labute approximate surface area is 119 Å². The summed E-state index contributed by atoms with van der Waals surface area (Å²) < 4.78 is 0. The number of urea groups is 1. The summed E-state index contributed by atoms with van der Waals surface area (Å²) in [5.41, 5.74) is 2.61. The second kappa shape index (κ2) is 3.84. The van der Waals surface area contributed by atoms with E-state index in [-0.39, 0.29) is 17.4 Å². The summed E-state index contributed by atoms with van der Waals surface area (Å²) in [5.74, 6) is -0.195. The molecule has 0 spiro atoms. The fourth-order valence-corrected chi connectivity index (χ4v) is 3.15. The highest BCUT2D eigenvalue weighted by Crippen LogP contribution is 2.40. The fourth-order valence-electron chi connectivity index (χ4n) is 3.15. The lowest BCUT2D eigenvalue weighted by molar-refractivity contribution is -0.121. The average molecular weight is 272 g/mol. The van der Waals surface area contributed by atoms with Crippen LogP contribution < -0.4 is 10.2 Å². The summed E-state index contributed by atoms with van der Waals surface area (Å²) in [4.78, 5) is 25.6. The molecule has 4 heteroatoms. The third kappa shape index (κ3) is 1.74. The van der Waals surface area contributed by atoms with E-state index in [0.717, 1.165) is 12.8 Å². The molecular formula is C16H20N2O2. The van der Waals surface area contributed by atoms with Crippen LogP contribution in [-0.4, -0.2) is 17.5 Å². The molecule has 0 atom stereocenters. The minimum absolute atomic E-state index is 0.185. The summed E-state index contributed by atoms with van der Waals surface area (Å²) in [6.07, 6.45) is 2.11. The van der Waals surface area contributed by atoms with Gasteiger partial charge in [0.05, 0.1) is 5.69 Å². The average Bonchev–Trinajstić information content (AvgIpc) is 2.74. The number of benzene rings is 1. The lowest BCUT2D eigenvalue weighted by Crippen LogP contribution is -2.40. The van der Waals surface area contributed by atoms with E-state index in [1.165, 1.54) is 16.0 Å². The maximum absolute atomic E-state index is 12.3. The SMILES string of the molecule is CC1(C)NC(=O)N(c2ccc3c(c2)CCC3(C)C)C1=O. The molecule has 20 heavy (non-hydrogen) atoms. The molecule has 1 N–H and O–H groups in total. The summed E-state index contributed by atoms with van der Waals surface area (Å²) in [7, 11) is 0. The molecule has 0 unspecified atom stereocenters. The van der Waals surface area contributed by atoms with Gasteiger partial charge >= 0.3 is 6.03 Å². The third-order valence-corrected chi connectivity index (χ3v) is 4.46. The normalized spacial score (nSPS) is 22.9. The Morgan fingerprint density at radius 1 is 1.15 bits per heavy atom. The molecule has 0 radical (unpaired) electrons. The van der Waals surface area contributed by atoms with E-state index < -0.39 is 5.54 Å². The van der Waals surface area contributed by atoms with Crippen LogP contribution in [0.15, 0.2) is 18.2 Å². The molecule has 106 valence electrons. The zero-order valence-electron chi connectivity index (χ0n) is 12.4. The van der Waals surface area contributed by atoms with Gasteiger partial charge in [0, 0.05) is 0 Å². The van der Waals surface area contributed by atoms with Gasteiger partial charge in [0.1, 0.15) is 5.54 Å². The van der Waals surface area contributed by atoms with Gasteiger partial charge < -0.3 is 5.32 Å². The molecule has 1 aromatic carbocycles. The zero-order valence-corrected chi connectivity index (χ0v) is 12.4. The smallest absolute Gasteiger partial charge is 0.323 e. The minimum atomic E-state index is -0.824. The number of carbonyl (C=O) groups is 2. The molecule has 1 aromatic rings. The standard InChI is InChI=1S/C16H20N2O2/c1-15(2)8-7-10-9-11(5-6-12(10)15)18-13(19)16(3,4)17-14(18)20/h5-6,9H,7-8H2,1-4H3,(H,17,20). The van der Waals surface area contributed by atoms with Gasteiger partial charge in [-0.05, 0) is 55.4 Å². The van der Waals surface area contributed by atoms with E-state index in [2.05, 4.69) is 25.2 Å². The second-order valence-electron chi connectivity index (χ2n) is 6.92. The highest BCUT2D eigenvalue weighted by Gasteiger charge is 2.45. The highest BCUT2D eigenvalue weighted by atomic mass is 16.2. The Morgan fingerprint density at radius 2 is 1.85 bits per heavy atom. The first-order chi connectivity index (χ1) is 9.22. The number of nitrogens with one attached hydrogen (secondary N) is 1. The molecule has 1 aliphatic heterocycles. The lowest BCUT2D eigenvalue weighted by atomic mass is 9.86. The molecule has 0 saturated carbocycles. The Kier molecular flexibility index (Phi) is 2.53. The van der Waals surface area contributed by atoms with Gasteiger partial charge in [-0.1, -0.05) is 19.9 Å². The summed E-state index contributed by atoms with van der Waals surface area (Å²) in [6.45, 7) is 7.91. The van der Waals surface area contributed by atoms with Gasteiger partial charge in [0.15, 0.2) is 0 Å². The zero-order chi connectivity index (χ0) is 14.7. The van der Waals surface area contributed by atoms with E-state index in [1.807, 2.05) is 12.1 Å². The van der Waals surface area contributed by atoms with Crippen molar-refractivity contribution >= 4 is 17.6 Å². The van der Waals surface area contributed by atoms with Crippen molar-refractivity contribution in [1.82, 2.24) is 5.32 Å². The van der Waals surface area contributed by atoms with Crippen molar-refractivity contribution in [2.24, 2.45) is 0 Å². The molecule has 3 amide bonds. The van der Waals surface area contributed by atoms with Crippen molar-refractivity contribution in [2.45, 2.75) is 51.5 Å². The van der Waals surface area contributed by atoms with Crippen LogP contribution in [-0.2, 0) is 16.6 Å². The molecule has 3 rings (SSSR count). The van der Waals surface area contributed by atoms with E-state index in [1.54, 1.807) is 13.8 Å². The molecule has 1 saturated heterocycles. The number of imide groups is 1. The summed E-state index contributed by atoms with van der Waals surface area (Å²) >= 11 is 0. The molecule has 4 nitrogen and oxygen atoms in total. The van der Waals surface area contributed by atoms with Crippen LogP contribution in [0.3, 0.4) is 0 Å². The van der Waals surface area contributed by atoms with E-state index in [9.17, 15) is 9.59 Å². The van der Waals surface area contributed by atoms with Crippen molar-refractivity contribution in [1.29, 1.82) is 0 Å². The fraction of sp³-hybridized carbons (Fsp3) is 0.500. The Morgan fingerprint density at radius 3 is 2.45 bits per heavy atom. The number of carbonyl (C=O) groups excluding carboxylic acids is 2. The third-order valence-electron chi connectivity index (χ3n) is 4.46. The van der Waals surface area contributed by atoms with Crippen LogP contribution in [0.4, 0.5) is 10.5 Å². The number of amides is 3. The van der Waals surface area contributed by atoms with E-state index in [4.69, 9.17) is 0 Å². The number of hydrogen-bond donors (Lipinski definition) is 1. The summed E-state index contributed by atoms with van der Waals surface area (Å²) in [6, 6.07) is 5.59. The van der Waals surface area contributed by atoms with Crippen LogP contribution in [0, 0.1) is 0 Å². The predicted molar refractivity (Wildman–Crippen MR) is 77.9 cm³/mol. The van der Waals surface area contributed by atoms with Gasteiger partial charge in [0.25, 0.3) is 5.91 Å². The quantitative estimate of drug-likeness (QED) is 0.799. The Bertz CT molecular complexity index is 617.